The summed E-state index contributed by atoms with van der Waals surface area (Å²) in [6, 6.07) is 11.9. The van der Waals surface area contributed by atoms with E-state index in [1.165, 1.54) is 9.80 Å². The van der Waals surface area contributed by atoms with Crippen LogP contribution in [-0.4, -0.2) is 82.6 Å². The molecule has 1 atom stereocenters. The van der Waals surface area contributed by atoms with Gasteiger partial charge in [0, 0.05) is 38.2 Å². The van der Waals surface area contributed by atoms with E-state index in [0.29, 0.717) is 18.8 Å². The average Bonchev–Trinajstić information content (AvgIpc) is 2.86. The summed E-state index contributed by atoms with van der Waals surface area (Å²) in [6.07, 6.45) is -0.777. The van der Waals surface area contributed by atoms with Crippen molar-refractivity contribution in [2.75, 3.05) is 32.8 Å². The summed E-state index contributed by atoms with van der Waals surface area (Å²) >= 11 is 0. The summed E-state index contributed by atoms with van der Waals surface area (Å²) < 4.78 is 5.00. The first-order valence-electron chi connectivity index (χ1n) is 11.6. The predicted octanol–water partition coefficient (Wildman–Crippen LogP) is 2.32. The molecule has 1 aliphatic rings. The molecule has 10 nitrogen and oxygen atoms in total. The number of hydrogen-bond donors (Lipinski definition) is 2. The molecule has 1 fully saturated rings. The Kier molecular flexibility index (Phi) is 8.77. The molecule has 35 heavy (non-hydrogen) atoms. The number of hydrogen-bond acceptors (Lipinski definition) is 6. The number of amides is 3. The van der Waals surface area contributed by atoms with E-state index in [1.54, 1.807) is 13.0 Å². The van der Waals surface area contributed by atoms with Crippen molar-refractivity contribution in [3.05, 3.63) is 53.7 Å². The smallest absolute Gasteiger partial charge is 0.409 e. The molecule has 1 aromatic carbocycles. The van der Waals surface area contributed by atoms with E-state index in [1.807, 2.05) is 43.3 Å². The van der Waals surface area contributed by atoms with E-state index in [4.69, 9.17) is 9.84 Å². The normalized spacial score (nSPS) is 14.2. The Morgan fingerprint density at radius 2 is 1.71 bits per heavy atom. The van der Waals surface area contributed by atoms with E-state index in [9.17, 15) is 19.2 Å². The Morgan fingerprint density at radius 1 is 1.06 bits per heavy atom. The van der Waals surface area contributed by atoms with Crippen LogP contribution in [0.1, 0.15) is 35.8 Å². The lowest BCUT2D eigenvalue weighted by atomic mass is 10.1. The summed E-state index contributed by atoms with van der Waals surface area (Å²) in [4.78, 5) is 56.9. The number of piperazine rings is 1. The summed E-state index contributed by atoms with van der Waals surface area (Å²) in [6.45, 7) is 4.95. The van der Waals surface area contributed by atoms with Crippen LogP contribution in [0.3, 0.4) is 0 Å². The number of aromatic nitrogens is 1. The van der Waals surface area contributed by atoms with Crippen LogP contribution < -0.4 is 5.32 Å². The van der Waals surface area contributed by atoms with Gasteiger partial charge in [-0.3, -0.25) is 14.4 Å². The quantitative estimate of drug-likeness (QED) is 0.591. The van der Waals surface area contributed by atoms with Crippen LogP contribution in [0.4, 0.5) is 4.79 Å². The second-order valence-corrected chi connectivity index (χ2v) is 8.25. The van der Waals surface area contributed by atoms with Gasteiger partial charge in [0.15, 0.2) is 0 Å². The molecule has 0 radical (unpaired) electrons. The molecule has 3 rings (SSSR count). The first kappa shape index (κ1) is 25.7. The van der Waals surface area contributed by atoms with Crippen molar-refractivity contribution in [3.63, 3.8) is 0 Å². The van der Waals surface area contributed by atoms with Gasteiger partial charge in [0.1, 0.15) is 11.7 Å². The monoisotopic (exact) mass is 482 g/mol. The average molecular weight is 483 g/mol. The maximum atomic E-state index is 13.2. The van der Waals surface area contributed by atoms with Gasteiger partial charge in [-0.2, -0.15) is 0 Å². The largest absolute Gasteiger partial charge is 0.481 e. The maximum absolute atomic E-state index is 13.2. The standard InChI is InChI=1S/C25H30N4O6/c1-3-35-25(34)29-13-11-28(12-14-29)24(33)19(9-10-22(30)31)27-23(32)21-16-17(2)15-20(26-21)18-7-5-4-6-8-18/h4-8,15-16,19H,3,9-14H2,1-2H3,(H,27,32)(H,30,31)/t19-/m0/s1. The number of nitrogens with zero attached hydrogens (tertiary/aromatic N) is 3. The summed E-state index contributed by atoms with van der Waals surface area (Å²) in [5.41, 5.74) is 2.44. The van der Waals surface area contributed by atoms with Gasteiger partial charge in [-0.1, -0.05) is 30.3 Å². The van der Waals surface area contributed by atoms with Gasteiger partial charge in [0.25, 0.3) is 5.91 Å². The van der Waals surface area contributed by atoms with Gasteiger partial charge < -0.3 is 25.0 Å². The molecular weight excluding hydrogens is 452 g/mol. The Bertz CT molecular complexity index is 1070. The van der Waals surface area contributed by atoms with Crippen LogP contribution in [0.25, 0.3) is 11.3 Å². The van der Waals surface area contributed by atoms with E-state index in [-0.39, 0.29) is 44.1 Å². The topological polar surface area (TPSA) is 129 Å². The summed E-state index contributed by atoms with van der Waals surface area (Å²) in [7, 11) is 0. The lowest BCUT2D eigenvalue weighted by Crippen LogP contribution is -2.56. The number of benzene rings is 1. The molecule has 0 aliphatic carbocycles. The highest BCUT2D eigenvalue weighted by molar-refractivity contribution is 5.97. The van der Waals surface area contributed by atoms with Crippen molar-refractivity contribution >= 4 is 23.9 Å². The first-order valence-corrected chi connectivity index (χ1v) is 11.6. The zero-order valence-electron chi connectivity index (χ0n) is 19.9. The van der Waals surface area contributed by atoms with Gasteiger partial charge in [0.05, 0.1) is 12.3 Å². The number of pyridine rings is 1. The predicted molar refractivity (Wildman–Crippen MR) is 128 cm³/mol. The first-order chi connectivity index (χ1) is 16.8. The fraction of sp³-hybridized carbons (Fsp3) is 0.400. The Labute approximate surface area is 203 Å². The van der Waals surface area contributed by atoms with E-state index in [0.717, 1.165) is 11.1 Å². The molecule has 0 bridgehead atoms. The van der Waals surface area contributed by atoms with Crippen LogP contribution in [0, 0.1) is 6.92 Å². The van der Waals surface area contributed by atoms with Crippen molar-refractivity contribution in [3.8, 4) is 11.3 Å². The molecule has 0 unspecified atom stereocenters. The number of carbonyl (C=O) groups excluding carboxylic acids is 3. The highest BCUT2D eigenvalue weighted by Crippen LogP contribution is 2.19. The molecule has 3 amide bonds. The second-order valence-electron chi connectivity index (χ2n) is 8.25. The van der Waals surface area contributed by atoms with E-state index < -0.39 is 24.0 Å². The zero-order chi connectivity index (χ0) is 25.4. The molecule has 1 aromatic heterocycles. The summed E-state index contributed by atoms with van der Waals surface area (Å²) in [5.74, 6) is -2.01. The highest BCUT2D eigenvalue weighted by atomic mass is 16.6. The van der Waals surface area contributed by atoms with Crippen molar-refractivity contribution in [2.24, 2.45) is 0 Å². The fourth-order valence-electron chi connectivity index (χ4n) is 3.84. The van der Waals surface area contributed by atoms with Crippen LogP contribution in [0.15, 0.2) is 42.5 Å². The van der Waals surface area contributed by atoms with Crippen molar-refractivity contribution in [1.82, 2.24) is 20.1 Å². The van der Waals surface area contributed by atoms with Gasteiger partial charge >= 0.3 is 12.1 Å². The van der Waals surface area contributed by atoms with Crippen molar-refractivity contribution in [2.45, 2.75) is 32.7 Å². The Morgan fingerprint density at radius 3 is 2.34 bits per heavy atom. The zero-order valence-corrected chi connectivity index (χ0v) is 19.9. The number of aryl methyl sites for hydroxylation is 1. The minimum Gasteiger partial charge on any atom is -0.481 e. The molecule has 0 saturated carbocycles. The van der Waals surface area contributed by atoms with Gasteiger partial charge in [-0.25, -0.2) is 9.78 Å². The molecule has 2 N–H and O–H groups in total. The van der Waals surface area contributed by atoms with Crippen molar-refractivity contribution < 1.29 is 29.0 Å². The number of carboxylic acid groups (broad SMARTS) is 1. The van der Waals surface area contributed by atoms with Crippen LogP contribution >= 0.6 is 0 Å². The molecular formula is C25H30N4O6. The SMILES string of the molecule is CCOC(=O)N1CCN(C(=O)[C@H](CCC(=O)O)NC(=O)c2cc(C)cc(-c3ccccc3)n2)CC1. The third-order valence-corrected chi connectivity index (χ3v) is 5.64. The number of rotatable bonds is 8. The fourth-order valence-corrected chi connectivity index (χ4v) is 3.84. The van der Waals surface area contributed by atoms with Crippen LogP contribution in [0.5, 0.6) is 0 Å². The minimum atomic E-state index is -1.07. The molecule has 186 valence electrons. The number of aliphatic carboxylic acids is 1. The molecule has 2 heterocycles. The number of ether oxygens (including phenoxy) is 1. The number of nitrogens with one attached hydrogen (secondary N) is 1. The Hall–Kier alpha value is -3.95. The number of carbonyl (C=O) groups is 4. The number of carboxylic acids is 1. The lowest BCUT2D eigenvalue weighted by molar-refractivity contribution is -0.138. The third-order valence-electron chi connectivity index (χ3n) is 5.64. The highest BCUT2D eigenvalue weighted by Gasteiger charge is 2.31. The molecule has 0 spiro atoms. The van der Waals surface area contributed by atoms with Crippen molar-refractivity contribution in [1.29, 1.82) is 0 Å². The summed E-state index contributed by atoms with van der Waals surface area (Å²) in [5, 5.41) is 11.8. The Balaban J connectivity index is 1.73. The minimum absolute atomic E-state index is 0.0602. The van der Waals surface area contributed by atoms with Gasteiger partial charge in [-0.15, -0.1) is 0 Å². The second kappa shape index (κ2) is 12.0. The molecule has 10 heteroatoms. The molecule has 1 saturated heterocycles. The van der Waals surface area contributed by atoms with Gasteiger partial charge in [-0.05, 0) is 38.0 Å². The lowest BCUT2D eigenvalue weighted by Gasteiger charge is -2.35. The van der Waals surface area contributed by atoms with Gasteiger partial charge in [0.2, 0.25) is 5.91 Å². The van der Waals surface area contributed by atoms with Crippen LogP contribution in [-0.2, 0) is 14.3 Å². The maximum Gasteiger partial charge on any atom is 0.409 e. The molecule has 2 aromatic rings. The molecule has 1 aliphatic heterocycles. The van der Waals surface area contributed by atoms with E-state index >= 15 is 0 Å². The van der Waals surface area contributed by atoms with Crippen LogP contribution in [0.2, 0.25) is 0 Å². The third kappa shape index (κ3) is 7.02. The van der Waals surface area contributed by atoms with E-state index in [2.05, 4.69) is 10.3 Å².